The molecule has 3 nitrogen and oxygen atoms in total. The van der Waals surface area contributed by atoms with Crippen molar-refractivity contribution in [1.82, 2.24) is 0 Å². The lowest BCUT2D eigenvalue weighted by molar-refractivity contribution is 0.163. The Balaban J connectivity index is 2.84. The molecule has 0 bridgehead atoms. The predicted octanol–water partition coefficient (Wildman–Crippen LogP) is 3.71. The fraction of sp³-hybridized carbons (Fsp3) is 0.600. The molecule has 0 heterocycles. The van der Waals surface area contributed by atoms with Gasteiger partial charge in [0.25, 0.3) is 0 Å². The molecule has 102 valence electrons. The van der Waals surface area contributed by atoms with Gasteiger partial charge in [-0.25, -0.2) is 0 Å². The average molecular weight is 252 g/mol. The molecule has 1 aromatic carbocycles. The van der Waals surface area contributed by atoms with E-state index in [1.807, 2.05) is 32.0 Å². The summed E-state index contributed by atoms with van der Waals surface area (Å²) in [4.78, 5) is 0. The first-order valence-electron chi connectivity index (χ1n) is 6.80. The number of aliphatic hydroxyl groups excluding tert-OH is 1. The van der Waals surface area contributed by atoms with Gasteiger partial charge in [0.1, 0.15) is 0 Å². The summed E-state index contributed by atoms with van der Waals surface area (Å²) in [6.45, 7) is 7.21. The van der Waals surface area contributed by atoms with E-state index in [4.69, 9.17) is 9.47 Å². The molecule has 0 aromatic heterocycles. The van der Waals surface area contributed by atoms with E-state index in [0.717, 1.165) is 30.6 Å². The Kier molecular flexibility index (Phi) is 6.58. The lowest BCUT2D eigenvalue weighted by atomic mass is 10.0. The van der Waals surface area contributed by atoms with Gasteiger partial charge in [-0.15, -0.1) is 0 Å². The van der Waals surface area contributed by atoms with E-state index < -0.39 is 6.10 Å². The number of aliphatic hydroxyl groups is 1. The molecule has 1 rings (SSSR count). The maximum atomic E-state index is 10.1. The molecule has 0 fully saturated rings. The molecule has 3 heteroatoms. The third-order valence-electron chi connectivity index (χ3n) is 2.78. The van der Waals surface area contributed by atoms with E-state index in [2.05, 4.69) is 6.92 Å². The van der Waals surface area contributed by atoms with Crippen molar-refractivity contribution in [3.8, 4) is 11.5 Å². The van der Waals surface area contributed by atoms with Crippen LogP contribution in [0.1, 0.15) is 51.7 Å². The summed E-state index contributed by atoms with van der Waals surface area (Å²) in [6.07, 6.45) is 2.49. The summed E-state index contributed by atoms with van der Waals surface area (Å²) in [5.74, 6) is 1.46. The predicted molar refractivity (Wildman–Crippen MR) is 73.3 cm³/mol. The van der Waals surface area contributed by atoms with Gasteiger partial charge in [0.2, 0.25) is 0 Å². The van der Waals surface area contributed by atoms with Crippen LogP contribution in [-0.2, 0) is 0 Å². The number of rotatable bonds is 8. The minimum Gasteiger partial charge on any atom is -0.490 e. The molecule has 0 aliphatic carbocycles. The minimum atomic E-state index is -0.417. The number of hydrogen-bond donors (Lipinski definition) is 1. The van der Waals surface area contributed by atoms with Gasteiger partial charge in [0, 0.05) is 0 Å². The third kappa shape index (κ3) is 4.22. The van der Waals surface area contributed by atoms with Crippen LogP contribution in [0.25, 0.3) is 0 Å². The topological polar surface area (TPSA) is 38.7 Å². The molecule has 0 saturated carbocycles. The lowest BCUT2D eigenvalue weighted by Crippen LogP contribution is -2.02. The first-order valence-corrected chi connectivity index (χ1v) is 6.80. The minimum absolute atomic E-state index is 0.417. The van der Waals surface area contributed by atoms with Gasteiger partial charge in [-0.2, -0.15) is 0 Å². The Morgan fingerprint density at radius 2 is 1.72 bits per heavy atom. The van der Waals surface area contributed by atoms with Crippen LogP contribution < -0.4 is 9.47 Å². The van der Waals surface area contributed by atoms with Gasteiger partial charge in [-0.1, -0.05) is 25.8 Å². The smallest absolute Gasteiger partial charge is 0.161 e. The summed E-state index contributed by atoms with van der Waals surface area (Å²) >= 11 is 0. The van der Waals surface area contributed by atoms with Crippen molar-refractivity contribution in [3.05, 3.63) is 23.8 Å². The molecule has 1 unspecified atom stereocenters. The highest BCUT2D eigenvalue weighted by molar-refractivity contribution is 5.43. The number of ether oxygens (including phenoxy) is 2. The van der Waals surface area contributed by atoms with Crippen LogP contribution in [0.15, 0.2) is 18.2 Å². The Morgan fingerprint density at radius 1 is 1.06 bits per heavy atom. The molecule has 18 heavy (non-hydrogen) atoms. The fourth-order valence-electron chi connectivity index (χ4n) is 1.84. The molecule has 1 aromatic rings. The zero-order chi connectivity index (χ0) is 13.4. The zero-order valence-electron chi connectivity index (χ0n) is 11.6. The lowest BCUT2D eigenvalue weighted by Gasteiger charge is -2.15. The molecule has 0 spiro atoms. The quantitative estimate of drug-likeness (QED) is 0.766. The first-order chi connectivity index (χ1) is 8.72. The first kappa shape index (κ1) is 14.8. The van der Waals surface area contributed by atoms with Crippen LogP contribution in [-0.4, -0.2) is 18.3 Å². The summed E-state index contributed by atoms with van der Waals surface area (Å²) in [5, 5.41) is 10.1. The fourth-order valence-corrected chi connectivity index (χ4v) is 1.84. The number of hydrogen-bond acceptors (Lipinski definition) is 3. The van der Waals surface area contributed by atoms with Crippen molar-refractivity contribution in [2.75, 3.05) is 13.2 Å². The summed E-state index contributed by atoms with van der Waals surface area (Å²) < 4.78 is 11.0. The second kappa shape index (κ2) is 7.98. The molecule has 0 aliphatic rings. The second-order valence-corrected chi connectivity index (χ2v) is 4.23. The molecule has 0 radical (unpaired) electrons. The van der Waals surface area contributed by atoms with E-state index in [-0.39, 0.29) is 0 Å². The van der Waals surface area contributed by atoms with Crippen molar-refractivity contribution in [2.45, 2.75) is 46.1 Å². The maximum Gasteiger partial charge on any atom is 0.161 e. The normalized spacial score (nSPS) is 12.2. The van der Waals surface area contributed by atoms with Crippen molar-refractivity contribution < 1.29 is 14.6 Å². The number of benzene rings is 1. The van der Waals surface area contributed by atoms with Gasteiger partial charge < -0.3 is 14.6 Å². The largest absolute Gasteiger partial charge is 0.490 e. The monoisotopic (exact) mass is 252 g/mol. The van der Waals surface area contributed by atoms with Crippen LogP contribution in [0.3, 0.4) is 0 Å². The highest BCUT2D eigenvalue weighted by Gasteiger charge is 2.11. The van der Waals surface area contributed by atoms with E-state index in [9.17, 15) is 5.11 Å². The SMILES string of the molecule is CCCCC(O)c1ccc(OCC)c(OCC)c1. The van der Waals surface area contributed by atoms with Gasteiger partial charge in [-0.05, 0) is 38.0 Å². The average Bonchev–Trinajstić information content (AvgIpc) is 2.38. The van der Waals surface area contributed by atoms with Crippen molar-refractivity contribution >= 4 is 0 Å². The molecule has 0 amide bonds. The molecular weight excluding hydrogens is 228 g/mol. The van der Waals surface area contributed by atoms with E-state index in [1.165, 1.54) is 0 Å². The summed E-state index contributed by atoms with van der Waals surface area (Å²) in [7, 11) is 0. The Labute approximate surface area is 110 Å². The molecular formula is C15H24O3. The van der Waals surface area contributed by atoms with Gasteiger partial charge in [0.05, 0.1) is 19.3 Å². The van der Waals surface area contributed by atoms with Crippen molar-refractivity contribution in [3.63, 3.8) is 0 Å². The molecule has 0 saturated heterocycles. The van der Waals surface area contributed by atoms with Gasteiger partial charge in [-0.3, -0.25) is 0 Å². The van der Waals surface area contributed by atoms with Crippen LogP contribution in [0, 0.1) is 0 Å². The van der Waals surface area contributed by atoms with E-state index in [1.54, 1.807) is 0 Å². The van der Waals surface area contributed by atoms with Crippen molar-refractivity contribution in [2.24, 2.45) is 0 Å². The third-order valence-corrected chi connectivity index (χ3v) is 2.78. The highest BCUT2D eigenvalue weighted by Crippen LogP contribution is 2.32. The highest BCUT2D eigenvalue weighted by atomic mass is 16.5. The van der Waals surface area contributed by atoms with Crippen LogP contribution in [0.4, 0.5) is 0 Å². The Morgan fingerprint density at radius 3 is 2.33 bits per heavy atom. The Hall–Kier alpha value is -1.22. The van der Waals surface area contributed by atoms with E-state index >= 15 is 0 Å². The number of unbranched alkanes of at least 4 members (excludes halogenated alkanes) is 1. The van der Waals surface area contributed by atoms with Crippen LogP contribution in [0.5, 0.6) is 11.5 Å². The van der Waals surface area contributed by atoms with Gasteiger partial charge in [0.15, 0.2) is 11.5 Å². The molecule has 1 atom stereocenters. The molecule has 0 aliphatic heterocycles. The molecule has 1 N–H and O–H groups in total. The van der Waals surface area contributed by atoms with Crippen LogP contribution in [0.2, 0.25) is 0 Å². The Bertz CT molecular complexity index is 350. The summed E-state index contributed by atoms with van der Waals surface area (Å²) in [6, 6.07) is 5.67. The zero-order valence-corrected chi connectivity index (χ0v) is 11.6. The van der Waals surface area contributed by atoms with E-state index in [0.29, 0.717) is 19.0 Å². The summed E-state index contributed by atoms with van der Waals surface area (Å²) in [5.41, 5.74) is 0.898. The van der Waals surface area contributed by atoms with Gasteiger partial charge >= 0.3 is 0 Å². The second-order valence-electron chi connectivity index (χ2n) is 4.23. The van der Waals surface area contributed by atoms with Crippen LogP contribution >= 0.6 is 0 Å². The maximum absolute atomic E-state index is 10.1. The standard InChI is InChI=1S/C15H24O3/c1-4-7-8-13(16)12-9-10-14(17-5-2)15(11-12)18-6-3/h9-11,13,16H,4-8H2,1-3H3. The van der Waals surface area contributed by atoms with Crippen molar-refractivity contribution in [1.29, 1.82) is 0 Å².